The summed E-state index contributed by atoms with van der Waals surface area (Å²) in [6.07, 6.45) is 3.96. The molecule has 0 spiro atoms. The SMILES string of the molecule is COc1c(F)cc(-c2nccn2[C@@H]2CCNC2=O)cc1Cl. The van der Waals surface area contributed by atoms with E-state index in [4.69, 9.17) is 16.3 Å². The lowest BCUT2D eigenvalue weighted by Crippen LogP contribution is -2.22. The second kappa shape index (κ2) is 5.37. The normalized spacial score (nSPS) is 17.9. The molecule has 1 aliphatic rings. The number of carbonyl (C=O) groups is 1. The number of benzene rings is 1. The molecule has 7 heteroatoms. The van der Waals surface area contributed by atoms with Gasteiger partial charge in [0, 0.05) is 24.5 Å². The highest BCUT2D eigenvalue weighted by Crippen LogP contribution is 2.34. The lowest BCUT2D eigenvalue weighted by molar-refractivity contribution is -0.121. The molecule has 1 amide bonds. The standard InChI is InChI=1S/C14H13ClFN3O2/c1-21-12-9(15)6-8(7-10(12)16)13-17-4-5-19(13)11-2-3-18-14(11)20/h4-7,11H,2-3H2,1H3,(H,18,20)/t11-/m1/s1. The van der Waals surface area contributed by atoms with E-state index in [1.807, 2.05) is 0 Å². The van der Waals surface area contributed by atoms with Crippen LogP contribution in [0.15, 0.2) is 24.5 Å². The minimum Gasteiger partial charge on any atom is -0.492 e. The molecule has 1 aromatic carbocycles. The highest BCUT2D eigenvalue weighted by Gasteiger charge is 2.28. The highest BCUT2D eigenvalue weighted by molar-refractivity contribution is 6.32. The lowest BCUT2D eigenvalue weighted by Gasteiger charge is -2.14. The van der Waals surface area contributed by atoms with Crippen LogP contribution in [-0.2, 0) is 4.79 Å². The zero-order valence-electron chi connectivity index (χ0n) is 11.3. The lowest BCUT2D eigenvalue weighted by atomic mass is 10.1. The van der Waals surface area contributed by atoms with Crippen LogP contribution in [-0.4, -0.2) is 29.1 Å². The maximum Gasteiger partial charge on any atom is 0.243 e. The molecular weight excluding hydrogens is 297 g/mol. The molecule has 21 heavy (non-hydrogen) atoms. The first-order valence-corrected chi connectivity index (χ1v) is 6.83. The molecule has 1 N–H and O–H groups in total. The van der Waals surface area contributed by atoms with E-state index in [1.165, 1.54) is 13.2 Å². The summed E-state index contributed by atoms with van der Waals surface area (Å²) in [6.45, 7) is 0.624. The Kier molecular flexibility index (Phi) is 3.55. The quantitative estimate of drug-likeness (QED) is 0.947. The topological polar surface area (TPSA) is 56.1 Å². The molecule has 110 valence electrons. The molecule has 0 bridgehead atoms. The summed E-state index contributed by atoms with van der Waals surface area (Å²) in [7, 11) is 1.35. The predicted octanol–water partition coefficient (Wildman–Crippen LogP) is 2.41. The molecule has 2 aromatic rings. The Labute approximate surface area is 125 Å². The first kappa shape index (κ1) is 13.9. The van der Waals surface area contributed by atoms with Crippen molar-refractivity contribution in [2.24, 2.45) is 0 Å². The summed E-state index contributed by atoms with van der Waals surface area (Å²) in [5.74, 6) is -0.127. The average molecular weight is 310 g/mol. The van der Waals surface area contributed by atoms with Crippen molar-refractivity contribution in [1.29, 1.82) is 0 Å². The van der Waals surface area contributed by atoms with Gasteiger partial charge in [0.05, 0.1) is 12.1 Å². The molecule has 5 nitrogen and oxygen atoms in total. The van der Waals surface area contributed by atoms with Crippen LogP contribution >= 0.6 is 11.6 Å². The van der Waals surface area contributed by atoms with Crippen molar-refractivity contribution in [1.82, 2.24) is 14.9 Å². The summed E-state index contributed by atoms with van der Waals surface area (Å²) in [5, 5.41) is 2.93. The Bertz CT molecular complexity index is 678. The van der Waals surface area contributed by atoms with Crippen molar-refractivity contribution in [3.8, 4) is 17.1 Å². The molecule has 2 heterocycles. The molecule has 1 atom stereocenters. The van der Waals surface area contributed by atoms with Crippen molar-refractivity contribution in [2.75, 3.05) is 13.7 Å². The third-order valence-corrected chi connectivity index (χ3v) is 3.77. The van der Waals surface area contributed by atoms with Crippen LogP contribution in [0.1, 0.15) is 12.5 Å². The van der Waals surface area contributed by atoms with Gasteiger partial charge in [0.2, 0.25) is 5.91 Å². The van der Waals surface area contributed by atoms with Gasteiger partial charge in [-0.05, 0) is 18.6 Å². The average Bonchev–Trinajstić information content (AvgIpc) is 3.06. The second-order valence-corrected chi connectivity index (χ2v) is 5.13. The summed E-state index contributed by atoms with van der Waals surface area (Å²) in [4.78, 5) is 16.0. The van der Waals surface area contributed by atoms with E-state index in [1.54, 1.807) is 23.0 Å². The number of methoxy groups -OCH3 is 1. The van der Waals surface area contributed by atoms with Crippen LogP contribution in [0.3, 0.4) is 0 Å². The van der Waals surface area contributed by atoms with Crippen molar-refractivity contribution in [2.45, 2.75) is 12.5 Å². The molecule has 1 saturated heterocycles. The van der Waals surface area contributed by atoms with Gasteiger partial charge < -0.3 is 14.6 Å². The van der Waals surface area contributed by atoms with Gasteiger partial charge in [0.25, 0.3) is 0 Å². The van der Waals surface area contributed by atoms with Crippen LogP contribution < -0.4 is 10.1 Å². The number of rotatable bonds is 3. The van der Waals surface area contributed by atoms with Gasteiger partial charge >= 0.3 is 0 Å². The minimum atomic E-state index is -0.564. The Morgan fingerprint density at radius 2 is 2.33 bits per heavy atom. The van der Waals surface area contributed by atoms with Gasteiger partial charge in [-0.1, -0.05) is 11.6 Å². The third kappa shape index (κ3) is 2.35. The molecule has 1 fully saturated rings. The molecule has 1 aromatic heterocycles. The van der Waals surface area contributed by atoms with E-state index in [2.05, 4.69) is 10.3 Å². The number of nitrogens with zero attached hydrogens (tertiary/aromatic N) is 2. The number of ether oxygens (including phenoxy) is 1. The Hall–Kier alpha value is -2.08. The maximum absolute atomic E-state index is 14.0. The maximum atomic E-state index is 14.0. The van der Waals surface area contributed by atoms with Gasteiger partial charge in [0.15, 0.2) is 11.6 Å². The second-order valence-electron chi connectivity index (χ2n) is 4.73. The largest absolute Gasteiger partial charge is 0.492 e. The predicted molar refractivity (Wildman–Crippen MR) is 75.8 cm³/mol. The van der Waals surface area contributed by atoms with Gasteiger partial charge in [-0.3, -0.25) is 4.79 Å². The van der Waals surface area contributed by atoms with Crippen molar-refractivity contribution >= 4 is 17.5 Å². The summed E-state index contributed by atoms with van der Waals surface area (Å²) in [5.41, 5.74) is 0.503. The number of amides is 1. The van der Waals surface area contributed by atoms with E-state index >= 15 is 0 Å². The number of aromatic nitrogens is 2. The molecule has 0 saturated carbocycles. The zero-order chi connectivity index (χ0) is 15.0. The van der Waals surface area contributed by atoms with Crippen LogP contribution in [0.5, 0.6) is 5.75 Å². The number of hydrogen-bond acceptors (Lipinski definition) is 3. The van der Waals surface area contributed by atoms with E-state index < -0.39 is 5.82 Å². The highest BCUT2D eigenvalue weighted by atomic mass is 35.5. The van der Waals surface area contributed by atoms with E-state index in [9.17, 15) is 9.18 Å². The van der Waals surface area contributed by atoms with Crippen LogP contribution in [0, 0.1) is 5.82 Å². The van der Waals surface area contributed by atoms with E-state index in [0.717, 1.165) is 0 Å². The molecule has 0 aliphatic carbocycles. The fraction of sp³-hybridized carbons (Fsp3) is 0.286. The monoisotopic (exact) mass is 309 g/mol. The molecule has 0 radical (unpaired) electrons. The van der Waals surface area contributed by atoms with Crippen LogP contribution in [0.25, 0.3) is 11.4 Å². The van der Waals surface area contributed by atoms with E-state index in [-0.39, 0.29) is 22.7 Å². The first-order valence-electron chi connectivity index (χ1n) is 6.45. The Balaban J connectivity index is 2.06. The van der Waals surface area contributed by atoms with Gasteiger partial charge in [-0.15, -0.1) is 0 Å². The molecule has 1 aliphatic heterocycles. The van der Waals surface area contributed by atoms with Crippen molar-refractivity contribution < 1.29 is 13.9 Å². The number of hydrogen-bond donors (Lipinski definition) is 1. The fourth-order valence-electron chi connectivity index (χ4n) is 2.52. The molecule has 3 rings (SSSR count). The summed E-state index contributed by atoms with van der Waals surface area (Å²) < 4.78 is 20.6. The zero-order valence-corrected chi connectivity index (χ0v) is 12.0. The minimum absolute atomic E-state index is 0.00266. The third-order valence-electron chi connectivity index (χ3n) is 3.48. The van der Waals surface area contributed by atoms with Gasteiger partial charge in [0.1, 0.15) is 11.9 Å². The van der Waals surface area contributed by atoms with E-state index in [0.29, 0.717) is 24.4 Å². The number of nitrogens with one attached hydrogen (secondary N) is 1. The number of carbonyl (C=O) groups excluding carboxylic acids is 1. The van der Waals surface area contributed by atoms with Crippen LogP contribution in [0.4, 0.5) is 4.39 Å². The van der Waals surface area contributed by atoms with Crippen LogP contribution in [0.2, 0.25) is 5.02 Å². The number of halogens is 2. The molecule has 0 unspecified atom stereocenters. The smallest absolute Gasteiger partial charge is 0.243 e. The Morgan fingerprint density at radius 3 is 2.95 bits per heavy atom. The van der Waals surface area contributed by atoms with Crippen molar-refractivity contribution in [3.05, 3.63) is 35.4 Å². The fourth-order valence-corrected chi connectivity index (χ4v) is 2.80. The van der Waals surface area contributed by atoms with Gasteiger partial charge in [-0.2, -0.15) is 0 Å². The number of imidazole rings is 1. The summed E-state index contributed by atoms with van der Waals surface area (Å²) >= 11 is 6.01. The first-order chi connectivity index (χ1) is 10.1. The van der Waals surface area contributed by atoms with Crippen molar-refractivity contribution in [3.63, 3.8) is 0 Å². The Morgan fingerprint density at radius 1 is 1.52 bits per heavy atom. The molecular formula is C14H13ClFN3O2. The summed E-state index contributed by atoms with van der Waals surface area (Å²) in [6, 6.07) is 2.55. The van der Waals surface area contributed by atoms with Gasteiger partial charge in [-0.25, -0.2) is 9.37 Å².